The molecule has 0 aliphatic carbocycles. The van der Waals surface area contributed by atoms with E-state index < -0.39 is 0 Å². The Kier molecular flexibility index (Phi) is 6.11. The van der Waals surface area contributed by atoms with Gasteiger partial charge in [-0.15, -0.1) is 0 Å². The average Bonchev–Trinajstić information content (AvgIpc) is 2.27. The zero-order chi connectivity index (χ0) is 13.7. The third kappa shape index (κ3) is 4.26. The van der Waals surface area contributed by atoms with Crippen molar-refractivity contribution in [3.8, 4) is 5.75 Å². The molecular weight excluding hydrogens is 364 g/mol. The third-order valence-corrected chi connectivity index (χ3v) is 3.58. The van der Waals surface area contributed by atoms with Crippen LogP contribution in [0.25, 0.3) is 0 Å². The lowest BCUT2D eigenvalue weighted by Crippen LogP contribution is -2.25. The molecule has 0 bridgehead atoms. The second kappa shape index (κ2) is 7.11. The second-order valence-corrected chi connectivity index (χ2v) is 5.74. The van der Waals surface area contributed by atoms with Crippen LogP contribution in [-0.4, -0.2) is 19.6 Å². The van der Waals surface area contributed by atoms with E-state index in [1.165, 1.54) is 0 Å². The predicted molar refractivity (Wildman–Crippen MR) is 78.5 cm³/mol. The zero-order valence-corrected chi connectivity index (χ0v) is 13.5. The summed E-state index contributed by atoms with van der Waals surface area (Å²) in [7, 11) is 1.89. The highest BCUT2D eigenvalue weighted by atomic mass is 79.9. The van der Waals surface area contributed by atoms with Crippen LogP contribution in [0.1, 0.15) is 12.5 Å². The molecule has 0 spiro atoms. The van der Waals surface area contributed by atoms with Crippen molar-refractivity contribution in [1.82, 2.24) is 5.32 Å². The molecule has 4 nitrogen and oxygen atoms in total. The van der Waals surface area contributed by atoms with Crippen molar-refractivity contribution in [2.24, 2.45) is 11.7 Å². The van der Waals surface area contributed by atoms with E-state index >= 15 is 0 Å². The SMILES string of the molecule is CNCc1cc(Br)c(OCC(C)C(N)=O)c(Br)c1. The van der Waals surface area contributed by atoms with Gasteiger partial charge in [-0.3, -0.25) is 4.79 Å². The van der Waals surface area contributed by atoms with Crippen molar-refractivity contribution in [1.29, 1.82) is 0 Å². The first-order valence-corrected chi connectivity index (χ1v) is 7.09. The summed E-state index contributed by atoms with van der Waals surface area (Å²) in [6.07, 6.45) is 0. The van der Waals surface area contributed by atoms with E-state index in [4.69, 9.17) is 10.5 Å². The van der Waals surface area contributed by atoms with Crippen molar-refractivity contribution in [3.05, 3.63) is 26.6 Å². The number of amides is 1. The van der Waals surface area contributed by atoms with E-state index in [0.29, 0.717) is 5.75 Å². The Hall–Kier alpha value is -0.590. The Morgan fingerprint density at radius 1 is 1.44 bits per heavy atom. The number of nitrogens with two attached hydrogens (primary N) is 1. The first-order chi connectivity index (χ1) is 8.45. The highest BCUT2D eigenvalue weighted by Crippen LogP contribution is 2.35. The quantitative estimate of drug-likeness (QED) is 0.797. The summed E-state index contributed by atoms with van der Waals surface area (Å²) < 4.78 is 7.30. The van der Waals surface area contributed by atoms with Crippen LogP contribution in [0, 0.1) is 5.92 Å². The molecule has 6 heteroatoms. The number of primary amides is 1. The maximum atomic E-state index is 10.9. The summed E-state index contributed by atoms with van der Waals surface area (Å²) in [4.78, 5) is 10.9. The van der Waals surface area contributed by atoms with Gasteiger partial charge in [0, 0.05) is 6.54 Å². The third-order valence-electron chi connectivity index (χ3n) is 2.40. The summed E-state index contributed by atoms with van der Waals surface area (Å²) >= 11 is 6.91. The van der Waals surface area contributed by atoms with Crippen LogP contribution in [0.5, 0.6) is 5.75 Å². The van der Waals surface area contributed by atoms with Gasteiger partial charge in [0.2, 0.25) is 5.91 Å². The first kappa shape index (κ1) is 15.5. The number of ether oxygens (including phenoxy) is 1. The van der Waals surface area contributed by atoms with E-state index in [-0.39, 0.29) is 18.4 Å². The minimum absolute atomic E-state index is 0.262. The van der Waals surface area contributed by atoms with Crippen molar-refractivity contribution >= 4 is 37.8 Å². The molecule has 0 saturated heterocycles. The fraction of sp³-hybridized carbons (Fsp3) is 0.417. The average molecular weight is 380 g/mol. The topological polar surface area (TPSA) is 64.3 Å². The number of benzene rings is 1. The minimum atomic E-state index is -0.367. The molecule has 1 aromatic rings. The molecule has 0 fully saturated rings. The van der Waals surface area contributed by atoms with Crippen molar-refractivity contribution in [2.45, 2.75) is 13.5 Å². The zero-order valence-electron chi connectivity index (χ0n) is 10.3. The molecule has 0 aliphatic heterocycles. The summed E-state index contributed by atoms with van der Waals surface area (Å²) in [5.74, 6) is -0.00205. The van der Waals surface area contributed by atoms with Crippen LogP contribution < -0.4 is 15.8 Å². The fourth-order valence-corrected chi connectivity index (χ4v) is 2.86. The number of halogens is 2. The molecular formula is C12H16Br2N2O2. The highest BCUT2D eigenvalue weighted by Gasteiger charge is 2.13. The largest absolute Gasteiger partial charge is 0.490 e. The molecule has 100 valence electrons. The van der Waals surface area contributed by atoms with Crippen LogP contribution >= 0.6 is 31.9 Å². The lowest BCUT2D eigenvalue weighted by Gasteiger charge is -2.14. The smallest absolute Gasteiger partial charge is 0.223 e. The Morgan fingerprint density at radius 2 is 2.00 bits per heavy atom. The molecule has 0 aliphatic rings. The van der Waals surface area contributed by atoms with Gasteiger partial charge in [-0.1, -0.05) is 6.92 Å². The van der Waals surface area contributed by atoms with Gasteiger partial charge in [0.25, 0.3) is 0 Å². The molecule has 1 amide bonds. The van der Waals surface area contributed by atoms with Crippen LogP contribution in [0.3, 0.4) is 0 Å². The minimum Gasteiger partial charge on any atom is -0.490 e. The van der Waals surface area contributed by atoms with Crippen molar-refractivity contribution in [2.75, 3.05) is 13.7 Å². The lowest BCUT2D eigenvalue weighted by molar-refractivity contribution is -0.122. The predicted octanol–water partition coefficient (Wildman–Crippen LogP) is 2.43. The summed E-state index contributed by atoms with van der Waals surface area (Å²) in [6, 6.07) is 3.96. The number of rotatable bonds is 6. The molecule has 18 heavy (non-hydrogen) atoms. The van der Waals surface area contributed by atoms with Gasteiger partial charge >= 0.3 is 0 Å². The molecule has 1 rings (SSSR count). The molecule has 0 radical (unpaired) electrons. The van der Waals surface area contributed by atoms with Gasteiger partial charge in [0.1, 0.15) is 5.75 Å². The van der Waals surface area contributed by atoms with E-state index in [1.807, 2.05) is 19.2 Å². The van der Waals surface area contributed by atoms with Crippen molar-refractivity contribution in [3.63, 3.8) is 0 Å². The summed E-state index contributed by atoms with van der Waals surface area (Å²) in [5, 5.41) is 3.08. The second-order valence-electron chi connectivity index (χ2n) is 4.03. The van der Waals surface area contributed by atoms with E-state index in [2.05, 4.69) is 37.2 Å². The fourth-order valence-electron chi connectivity index (χ4n) is 1.35. The van der Waals surface area contributed by atoms with Gasteiger partial charge in [-0.2, -0.15) is 0 Å². The maximum Gasteiger partial charge on any atom is 0.223 e. The van der Waals surface area contributed by atoms with Gasteiger partial charge in [-0.05, 0) is 56.6 Å². The highest BCUT2D eigenvalue weighted by molar-refractivity contribution is 9.11. The van der Waals surface area contributed by atoms with Gasteiger partial charge < -0.3 is 15.8 Å². The van der Waals surface area contributed by atoms with Crippen LogP contribution in [0.4, 0.5) is 0 Å². The number of carbonyl (C=O) groups is 1. The van der Waals surface area contributed by atoms with E-state index in [1.54, 1.807) is 6.92 Å². The summed E-state index contributed by atoms with van der Waals surface area (Å²) in [6.45, 7) is 2.77. The van der Waals surface area contributed by atoms with Gasteiger partial charge in [0.15, 0.2) is 0 Å². The number of hydrogen-bond donors (Lipinski definition) is 2. The molecule has 0 saturated carbocycles. The Morgan fingerprint density at radius 3 is 2.44 bits per heavy atom. The number of nitrogens with one attached hydrogen (secondary N) is 1. The lowest BCUT2D eigenvalue weighted by atomic mass is 10.2. The van der Waals surface area contributed by atoms with Gasteiger partial charge in [0.05, 0.1) is 21.5 Å². The normalized spacial score (nSPS) is 12.2. The monoisotopic (exact) mass is 378 g/mol. The number of hydrogen-bond acceptors (Lipinski definition) is 3. The standard InChI is InChI=1S/C12H16Br2N2O2/c1-7(12(15)17)6-18-11-9(13)3-8(5-16-2)4-10(11)14/h3-4,7,16H,5-6H2,1-2H3,(H2,15,17). The van der Waals surface area contributed by atoms with Crippen LogP contribution in [-0.2, 0) is 11.3 Å². The van der Waals surface area contributed by atoms with E-state index in [0.717, 1.165) is 21.1 Å². The Bertz CT molecular complexity index is 415. The molecule has 1 aromatic carbocycles. The van der Waals surface area contributed by atoms with Crippen molar-refractivity contribution < 1.29 is 9.53 Å². The van der Waals surface area contributed by atoms with Gasteiger partial charge in [-0.25, -0.2) is 0 Å². The van der Waals surface area contributed by atoms with E-state index in [9.17, 15) is 4.79 Å². The van der Waals surface area contributed by atoms with Crippen LogP contribution in [0.2, 0.25) is 0 Å². The maximum absolute atomic E-state index is 10.9. The summed E-state index contributed by atoms with van der Waals surface area (Å²) in [5.41, 5.74) is 6.32. The Labute approximate surface area is 124 Å². The molecule has 0 aromatic heterocycles. The first-order valence-electron chi connectivity index (χ1n) is 5.50. The molecule has 3 N–H and O–H groups in total. The van der Waals surface area contributed by atoms with Crippen LogP contribution in [0.15, 0.2) is 21.1 Å². The molecule has 1 unspecified atom stereocenters. The molecule has 1 atom stereocenters. The Balaban J connectivity index is 2.80. The molecule has 0 heterocycles. The number of carbonyl (C=O) groups excluding carboxylic acids is 1.